The maximum Gasteiger partial charge on any atom is 0.307 e. The summed E-state index contributed by atoms with van der Waals surface area (Å²) in [5.41, 5.74) is 0.541. The highest BCUT2D eigenvalue weighted by atomic mass is 16.5. The monoisotopic (exact) mass is 377 g/mol. The van der Waals surface area contributed by atoms with Gasteiger partial charge in [0, 0.05) is 18.2 Å². The average Bonchev–Trinajstić information content (AvgIpc) is 2.68. The molecular weight excluding hydrogens is 346 g/mol. The van der Waals surface area contributed by atoms with Gasteiger partial charge in [0.1, 0.15) is 0 Å². The van der Waals surface area contributed by atoms with Crippen LogP contribution in [0.15, 0.2) is 18.2 Å². The molecule has 0 unspecified atom stereocenters. The fourth-order valence-corrected chi connectivity index (χ4v) is 3.65. The molecule has 0 bridgehead atoms. The zero-order valence-electron chi connectivity index (χ0n) is 16.7. The summed E-state index contributed by atoms with van der Waals surface area (Å²) < 4.78 is 15.4. The summed E-state index contributed by atoms with van der Waals surface area (Å²) in [5.74, 6) is 0.728. The number of ether oxygens (including phenoxy) is 3. The van der Waals surface area contributed by atoms with Crippen molar-refractivity contribution in [3.05, 3.63) is 23.8 Å². The molecule has 0 N–H and O–H groups in total. The van der Waals surface area contributed by atoms with Gasteiger partial charge in [0.2, 0.25) is 0 Å². The lowest BCUT2D eigenvalue weighted by molar-refractivity contribution is -0.140. The van der Waals surface area contributed by atoms with E-state index in [-0.39, 0.29) is 24.3 Å². The van der Waals surface area contributed by atoms with E-state index in [1.54, 1.807) is 32.4 Å². The summed E-state index contributed by atoms with van der Waals surface area (Å²) in [5, 5.41) is 0. The highest BCUT2D eigenvalue weighted by molar-refractivity contribution is 5.95. The number of amides is 1. The number of hydrogen-bond acceptors (Lipinski definition) is 5. The van der Waals surface area contributed by atoms with Crippen LogP contribution in [0.4, 0.5) is 0 Å². The number of methoxy groups -OCH3 is 3. The van der Waals surface area contributed by atoms with Crippen molar-refractivity contribution in [3.8, 4) is 11.5 Å². The van der Waals surface area contributed by atoms with E-state index < -0.39 is 0 Å². The molecule has 1 amide bonds. The quantitative estimate of drug-likeness (QED) is 0.676. The summed E-state index contributed by atoms with van der Waals surface area (Å²) in [7, 11) is 4.49. The van der Waals surface area contributed by atoms with Crippen LogP contribution >= 0.6 is 0 Å². The Bertz CT molecular complexity index is 623. The van der Waals surface area contributed by atoms with Crippen molar-refractivity contribution in [2.75, 3.05) is 27.9 Å². The molecule has 1 fully saturated rings. The first-order valence-electron chi connectivity index (χ1n) is 9.70. The largest absolute Gasteiger partial charge is 0.493 e. The summed E-state index contributed by atoms with van der Waals surface area (Å²) in [6.45, 7) is 0.366. The second kappa shape index (κ2) is 10.8. The Morgan fingerprint density at radius 2 is 1.59 bits per heavy atom. The van der Waals surface area contributed by atoms with Crippen LogP contribution in [-0.2, 0) is 9.53 Å². The summed E-state index contributed by atoms with van der Waals surface area (Å²) in [6.07, 6.45) is 8.03. The molecule has 6 nitrogen and oxygen atoms in total. The van der Waals surface area contributed by atoms with Gasteiger partial charge in [-0.1, -0.05) is 32.1 Å². The third kappa shape index (κ3) is 5.88. The van der Waals surface area contributed by atoms with Crippen LogP contribution < -0.4 is 9.47 Å². The van der Waals surface area contributed by atoms with Gasteiger partial charge in [0.15, 0.2) is 11.5 Å². The molecule has 6 heteroatoms. The predicted octanol–water partition coefficient (Wildman–Crippen LogP) is 3.82. The molecule has 0 spiro atoms. The molecule has 0 atom stereocenters. The van der Waals surface area contributed by atoms with Crippen LogP contribution in [0.25, 0.3) is 0 Å². The number of benzene rings is 1. The van der Waals surface area contributed by atoms with Crippen molar-refractivity contribution in [1.29, 1.82) is 0 Å². The molecule has 1 aromatic carbocycles. The number of hydrogen-bond donors (Lipinski definition) is 0. The summed E-state index contributed by atoms with van der Waals surface area (Å²) in [4.78, 5) is 26.8. The highest BCUT2D eigenvalue weighted by Gasteiger charge is 2.26. The van der Waals surface area contributed by atoms with Gasteiger partial charge in [-0.15, -0.1) is 0 Å². The van der Waals surface area contributed by atoms with E-state index in [1.165, 1.54) is 26.4 Å². The van der Waals surface area contributed by atoms with E-state index >= 15 is 0 Å². The fourth-order valence-electron chi connectivity index (χ4n) is 3.65. The van der Waals surface area contributed by atoms with Crippen LogP contribution in [0.2, 0.25) is 0 Å². The third-order valence-corrected chi connectivity index (χ3v) is 5.19. The van der Waals surface area contributed by atoms with Crippen LogP contribution in [-0.4, -0.2) is 50.7 Å². The van der Waals surface area contributed by atoms with Gasteiger partial charge >= 0.3 is 5.97 Å². The molecule has 27 heavy (non-hydrogen) atoms. The molecule has 0 radical (unpaired) electrons. The molecular formula is C21H31NO5. The van der Waals surface area contributed by atoms with E-state index in [0.717, 1.165) is 25.7 Å². The SMILES string of the molecule is COC(=O)CCN(C(=O)c1ccc(OC)c(OC)c1)C1CCCCCCC1. The maximum absolute atomic E-state index is 13.3. The topological polar surface area (TPSA) is 65.1 Å². The third-order valence-electron chi connectivity index (χ3n) is 5.19. The Labute approximate surface area is 161 Å². The van der Waals surface area contributed by atoms with Gasteiger partial charge in [-0.05, 0) is 31.0 Å². The molecule has 0 aromatic heterocycles. The first-order valence-corrected chi connectivity index (χ1v) is 9.70. The molecule has 0 aliphatic heterocycles. The minimum atomic E-state index is -0.300. The van der Waals surface area contributed by atoms with E-state index in [4.69, 9.17) is 14.2 Å². The van der Waals surface area contributed by atoms with Crippen LogP contribution in [0, 0.1) is 0 Å². The fraction of sp³-hybridized carbons (Fsp3) is 0.619. The Morgan fingerprint density at radius 3 is 2.19 bits per heavy atom. The number of rotatable bonds is 7. The summed E-state index contributed by atoms with van der Waals surface area (Å²) in [6, 6.07) is 5.34. The Kier molecular flexibility index (Phi) is 8.43. The molecule has 1 aromatic rings. The van der Waals surface area contributed by atoms with Crippen molar-refractivity contribution in [2.24, 2.45) is 0 Å². The molecule has 0 saturated heterocycles. The highest BCUT2D eigenvalue weighted by Crippen LogP contribution is 2.29. The average molecular weight is 377 g/mol. The van der Waals surface area contributed by atoms with Gasteiger partial charge in [-0.2, -0.15) is 0 Å². The lowest BCUT2D eigenvalue weighted by Gasteiger charge is -2.33. The summed E-state index contributed by atoms with van der Waals surface area (Å²) >= 11 is 0. The Morgan fingerprint density at radius 1 is 0.963 bits per heavy atom. The first kappa shape index (κ1) is 21.1. The number of carbonyl (C=O) groups is 2. The zero-order valence-corrected chi connectivity index (χ0v) is 16.7. The molecule has 1 aliphatic rings. The Balaban J connectivity index is 2.24. The number of esters is 1. The molecule has 2 rings (SSSR count). The van der Waals surface area contributed by atoms with Crippen LogP contribution in [0.3, 0.4) is 0 Å². The van der Waals surface area contributed by atoms with Gasteiger partial charge in [0.05, 0.1) is 27.8 Å². The smallest absolute Gasteiger partial charge is 0.307 e. The van der Waals surface area contributed by atoms with Crippen LogP contribution in [0.5, 0.6) is 11.5 Å². The second-order valence-corrected chi connectivity index (χ2v) is 6.89. The van der Waals surface area contributed by atoms with Gasteiger partial charge in [0.25, 0.3) is 5.91 Å². The van der Waals surface area contributed by atoms with Crippen molar-refractivity contribution < 1.29 is 23.8 Å². The van der Waals surface area contributed by atoms with E-state index in [0.29, 0.717) is 23.6 Å². The normalized spacial score (nSPS) is 15.4. The van der Waals surface area contributed by atoms with Gasteiger partial charge in [-0.3, -0.25) is 9.59 Å². The van der Waals surface area contributed by atoms with E-state index in [1.807, 2.05) is 4.90 Å². The molecule has 1 saturated carbocycles. The van der Waals surface area contributed by atoms with E-state index in [9.17, 15) is 9.59 Å². The molecule has 1 aliphatic carbocycles. The standard InChI is InChI=1S/C21H31NO5/c1-25-18-12-11-16(15-19(18)26-2)21(24)22(14-13-20(23)27-3)17-9-7-5-4-6-8-10-17/h11-12,15,17H,4-10,13-14H2,1-3H3. The van der Waals surface area contributed by atoms with E-state index in [2.05, 4.69) is 0 Å². The number of carbonyl (C=O) groups excluding carboxylic acids is 2. The first-order chi connectivity index (χ1) is 13.1. The Hall–Kier alpha value is -2.24. The molecule has 150 valence electrons. The van der Waals surface area contributed by atoms with Crippen molar-refractivity contribution in [1.82, 2.24) is 4.90 Å². The lowest BCUT2D eigenvalue weighted by atomic mass is 9.95. The zero-order chi connectivity index (χ0) is 19.6. The van der Waals surface area contributed by atoms with Crippen molar-refractivity contribution in [3.63, 3.8) is 0 Å². The molecule has 0 heterocycles. The minimum absolute atomic E-state index is 0.0783. The van der Waals surface area contributed by atoms with Gasteiger partial charge in [-0.25, -0.2) is 0 Å². The van der Waals surface area contributed by atoms with Crippen LogP contribution in [0.1, 0.15) is 61.7 Å². The van der Waals surface area contributed by atoms with Gasteiger partial charge < -0.3 is 19.1 Å². The maximum atomic E-state index is 13.3. The lowest BCUT2D eigenvalue weighted by Crippen LogP contribution is -2.42. The van der Waals surface area contributed by atoms with Crippen molar-refractivity contribution >= 4 is 11.9 Å². The van der Waals surface area contributed by atoms with Crippen molar-refractivity contribution in [2.45, 2.75) is 57.4 Å². The predicted molar refractivity (Wildman–Crippen MR) is 103 cm³/mol. The minimum Gasteiger partial charge on any atom is -0.493 e. The second-order valence-electron chi connectivity index (χ2n) is 6.89. The number of nitrogens with zero attached hydrogens (tertiary/aromatic N) is 1.